The van der Waals surface area contributed by atoms with Gasteiger partial charge in [0.2, 0.25) is 0 Å². The maximum absolute atomic E-state index is 9.19. The highest BCUT2D eigenvalue weighted by Crippen LogP contribution is 2.26. The van der Waals surface area contributed by atoms with Gasteiger partial charge in [0.05, 0.1) is 7.11 Å². The number of phenolic OH excluding ortho intramolecular Hbond substituents is 1. The van der Waals surface area contributed by atoms with Gasteiger partial charge in [-0.3, -0.25) is 0 Å². The maximum Gasteiger partial charge on any atom is 0.182 e. The smallest absolute Gasteiger partial charge is 0.182 e. The van der Waals surface area contributed by atoms with Crippen LogP contribution in [0.1, 0.15) is 11.9 Å². The first-order chi connectivity index (χ1) is 5.65. The standard InChI is InChI=1S/C8H10O4/c1-12-5-2-3-6(8(10)11)7(9)4-5/h2-4,8-11H,1H3. The molecule has 0 spiro atoms. The second kappa shape index (κ2) is 3.42. The SMILES string of the molecule is COc1ccc(C(O)O)c(O)c1. The molecule has 0 amide bonds. The number of phenols is 1. The van der Waals surface area contributed by atoms with Crippen LogP contribution in [0.2, 0.25) is 0 Å². The van der Waals surface area contributed by atoms with E-state index in [1.807, 2.05) is 0 Å². The molecule has 0 aliphatic heterocycles. The maximum atomic E-state index is 9.19. The Bertz CT molecular complexity index is 270. The van der Waals surface area contributed by atoms with E-state index in [1.54, 1.807) is 0 Å². The van der Waals surface area contributed by atoms with Crippen molar-refractivity contribution >= 4 is 0 Å². The Morgan fingerprint density at radius 2 is 2.00 bits per heavy atom. The van der Waals surface area contributed by atoms with Crippen molar-refractivity contribution < 1.29 is 20.1 Å². The highest BCUT2D eigenvalue weighted by molar-refractivity contribution is 5.40. The molecule has 0 bridgehead atoms. The average molecular weight is 170 g/mol. The minimum Gasteiger partial charge on any atom is -0.507 e. The van der Waals surface area contributed by atoms with E-state index >= 15 is 0 Å². The van der Waals surface area contributed by atoms with Gasteiger partial charge in [-0.15, -0.1) is 0 Å². The molecule has 0 heterocycles. The molecule has 1 aromatic rings. The summed E-state index contributed by atoms with van der Waals surface area (Å²) in [5, 5.41) is 26.6. The molecule has 0 unspecified atom stereocenters. The van der Waals surface area contributed by atoms with Crippen LogP contribution in [-0.2, 0) is 0 Å². The Kier molecular flexibility index (Phi) is 2.52. The summed E-state index contributed by atoms with van der Waals surface area (Å²) in [6.45, 7) is 0. The van der Waals surface area contributed by atoms with Crippen LogP contribution in [0.5, 0.6) is 11.5 Å². The molecule has 0 aromatic heterocycles. The third kappa shape index (κ3) is 1.66. The van der Waals surface area contributed by atoms with Crippen molar-refractivity contribution in [1.29, 1.82) is 0 Å². The number of methoxy groups -OCH3 is 1. The van der Waals surface area contributed by atoms with Crippen molar-refractivity contribution in [2.75, 3.05) is 7.11 Å². The Morgan fingerprint density at radius 1 is 1.33 bits per heavy atom. The van der Waals surface area contributed by atoms with Crippen molar-refractivity contribution in [3.8, 4) is 11.5 Å². The molecule has 0 radical (unpaired) electrons. The quantitative estimate of drug-likeness (QED) is 0.561. The number of aromatic hydroxyl groups is 1. The average Bonchev–Trinajstić information content (AvgIpc) is 2.03. The first kappa shape index (κ1) is 8.83. The topological polar surface area (TPSA) is 69.9 Å². The van der Waals surface area contributed by atoms with Crippen molar-refractivity contribution in [2.24, 2.45) is 0 Å². The van der Waals surface area contributed by atoms with E-state index < -0.39 is 6.29 Å². The van der Waals surface area contributed by atoms with Crippen LogP contribution in [0.15, 0.2) is 18.2 Å². The molecule has 0 saturated carbocycles. The van der Waals surface area contributed by atoms with Crippen molar-refractivity contribution in [3.63, 3.8) is 0 Å². The van der Waals surface area contributed by atoms with Gasteiger partial charge >= 0.3 is 0 Å². The molecule has 3 N–H and O–H groups in total. The predicted octanol–water partition coefficient (Wildman–Crippen LogP) is 0.384. The monoisotopic (exact) mass is 170 g/mol. The highest BCUT2D eigenvalue weighted by atomic mass is 16.5. The third-order valence-electron chi connectivity index (χ3n) is 1.52. The molecular formula is C8H10O4. The zero-order valence-corrected chi connectivity index (χ0v) is 6.56. The van der Waals surface area contributed by atoms with Crippen LogP contribution in [-0.4, -0.2) is 22.4 Å². The Morgan fingerprint density at radius 3 is 2.42 bits per heavy atom. The fraction of sp³-hybridized carbons (Fsp3) is 0.250. The van der Waals surface area contributed by atoms with Crippen LogP contribution in [0.3, 0.4) is 0 Å². The van der Waals surface area contributed by atoms with Crippen molar-refractivity contribution in [3.05, 3.63) is 23.8 Å². The zero-order chi connectivity index (χ0) is 9.14. The van der Waals surface area contributed by atoms with Crippen LogP contribution in [0.25, 0.3) is 0 Å². The Labute approximate surface area is 69.7 Å². The lowest BCUT2D eigenvalue weighted by atomic mass is 10.2. The number of aliphatic hydroxyl groups excluding tert-OH is 1. The first-order valence-electron chi connectivity index (χ1n) is 3.38. The van der Waals surface area contributed by atoms with Crippen LogP contribution < -0.4 is 4.74 Å². The van der Waals surface area contributed by atoms with Crippen molar-refractivity contribution in [1.82, 2.24) is 0 Å². The highest BCUT2D eigenvalue weighted by Gasteiger charge is 2.08. The van der Waals surface area contributed by atoms with Gasteiger partial charge in [-0.25, -0.2) is 0 Å². The summed E-state index contributed by atoms with van der Waals surface area (Å²) in [7, 11) is 1.46. The number of ether oxygens (including phenoxy) is 1. The van der Waals surface area contributed by atoms with E-state index in [-0.39, 0.29) is 11.3 Å². The van der Waals surface area contributed by atoms with E-state index in [9.17, 15) is 5.11 Å². The number of hydrogen-bond acceptors (Lipinski definition) is 4. The van der Waals surface area contributed by atoms with Gasteiger partial charge in [0.15, 0.2) is 6.29 Å². The lowest BCUT2D eigenvalue weighted by molar-refractivity contribution is -0.0438. The van der Waals surface area contributed by atoms with E-state index in [0.717, 1.165) is 0 Å². The summed E-state index contributed by atoms with van der Waals surface area (Å²) in [5.41, 5.74) is 0.0656. The minimum absolute atomic E-state index is 0.0656. The molecule has 0 aliphatic rings. The molecule has 1 rings (SSSR count). The van der Waals surface area contributed by atoms with Gasteiger partial charge < -0.3 is 20.1 Å². The van der Waals surface area contributed by atoms with Gasteiger partial charge in [0.25, 0.3) is 0 Å². The number of aliphatic hydroxyl groups is 2. The second-order valence-corrected chi connectivity index (χ2v) is 2.30. The summed E-state index contributed by atoms with van der Waals surface area (Å²) in [5.74, 6) is 0.279. The normalized spacial score (nSPS) is 10.3. The van der Waals surface area contributed by atoms with Gasteiger partial charge in [-0.05, 0) is 12.1 Å². The molecule has 4 nitrogen and oxygen atoms in total. The molecule has 0 saturated heterocycles. The summed E-state index contributed by atoms with van der Waals surface area (Å²) in [4.78, 5) is 0. The molecule has 4 heteroatoms. The fourth-order valence-corrected chi connectivity index (χ4v) is 0.869. The molecule has 0 aliphatic carbocycles. The van der Waals surface area contributed by atoms with Gasteiger partial charge in [0, 0.05) is 11.6 Å². The summed E-state index contributed by atoms with van der Waals surface area (Å²) < 4.78 is 4.81. The fourth-order valence-electron chi connectivity index (χ4n) is 0.869. The van der Waals surface area contributed by atoms with Gasteiger partial charge in [-0.1, -0.05) is 0 Å². The van der Waals surface area contributed by atoms with Gasteiger partial charge in [-0.2, -0.15) is 0 Å². The number of rotatable bonds is 2. The van der Waals surface area contributed by atoms with E-state index in [4.69, 9.17) is 14.9 Å². The Hall–Kier alpha value is -1.26. The lowest BCUT2D eigenvalue weighted by Gasteiger charge is -2.07. The summed E-state index contributed by atoms with van der Waals surface area (Å²) >= 11 is 0. The van der Waals surface area contributed by atoms with E-state index in [2.05, 4.69) is 0 Å². The molecule has 0 atom stereocenters. The molecule has 66 valence electrons. The Balaban J connectivity index is 3.03. The minimum atomic E-state index is -1.66. The third-order valence-corrected chi connectivity index (χ3v) is 1.52. The number of benzene rings is 1. The predicted molar refractivity (Wildman–Crippen MR) is 41.8 cm³/mol. The van der Waals surface area contributed by atoms with Crippen LogP contribution >= 0.6 is 0 Å². The summed E-state index contributed by atoms with van der Waals surface area (Å²) in [6.07, 6.45) is -1.66. The zero-order valence-electron chi connectivity index (χ0n) is 6.56. The largest absolute Gasteiger partial charge is 0.507 e. The van der Waals surface area contributed by atoms with Crippen LogP contribution in [0.4, 0.5) is 0 Å². The van der Waals surface area contributed by atoms with Gasteiger partial charge in [0.1, 0.15) is 11.5 Å². The molecule has 0 fully saturated rings. The van der Waals surface area contributed by atoms with E-state index in [1.165, 1.54) is 25.3 Å². The number of hydrogen-bond donors (Lipinski definition) is 3. The molecular weight excluding hydrogens is 160 g/mol. The second-order valence-electron chi connectivity index (χ2n) is 2.30. The lowest BCUT2D eigenvalue weighted by Crippen LogP contribution is -1.95. The molecule has 1 aromatic carbocycles. The van der Waals surface area contributed by atoms with Crippen molar-refractivity contribution in [2.45, 2.75) is 6.29 Å². The summed E-state index contributed by atoms with van der Waals surface area (Å²) in [6, 6.07) is 4.24. The van der Waals surface area contributed by atoms with Crippen LogP contribution in [0, 0.1) is 0 Å². The molecule has 12 heavy (non-hydrogen) atoms. The van der Waals surface area contributed by atoms with E-state index in [0.29, 0.717) is 5.75 Å². The first-order valence-corrected chi connectivity index (χ1v) is 3.38.